The smallest absolute Gasteiger partial charge is 0.129 e. The molecule has 0 amide bonds. The second-order valence-corrected chi connectivity index (χ2v) is 3.64. The van der Waals surface area contributed by atoms with Crippen molar-refractivity contribution in [1.29, 1.82) is 0 Å². The fourth-order valence-corrected chi connectivity index (χ4v) is 1.70. The van der Waals surface area contributed by atoms with Gasteiger partial charge in [0, 0.05) is 18.7 Å². The van der Waals surface area contributed by atoms with Crippen LogP contribution < -0.4 is 0 Å². The Hall–Kier alpha value is -0.930. The largest absolute Gasteiger partial charge is 0.371 e. The first-order valence-electron chi connectivity index (χ1n) is 4.82. The lowest BCUT2D eigenvalue weighted by atomic mass is 10.1. The second kappa shape index (κ2) is 4.07. The predicted octanol–water partition coefficient (Wildman–Crippen LogP) is 1.83. The maximum absolute atomic E-state index is 13.4. The van der Waals surface area contributed by atoms with Gasteiger partial charge in [-0.1, -0.05) is 18.2 Å². The Balaban J connectivity index is 2.18. The van der Waals surface area contributed by atoms with Gasteiger partial charge in [0.25, 0.3) is 0 Å². The summed E-state index contributed by atoms with van der Waals surface area (Å²) in [5.74, 6) is -0.173. The third-order valence-corrected chi connectivity index (χ3v) is 2.52. The highest BCUT2D eigenvalue weighted by Gasteiger charge is 2.21. The molecule has 1 aliphatic heterocycles. The summed E-state index contributed by atoms with van der Waals surface area (Å²) in [5, 5.41) is 0. The van der Waals surface area contributed by atoms with Crippen LogP contribution in [0.2, 0.25) is 0 Å². The normalized spacial score (nSPS) is 23.7. The Bertz CT molecular complexity index is 316. The van der Waals surface area contributed by atoms with Gasteiger partial charge in [-0.2, -0.15) is 0 Å². The topological polar surface area (TPSA) is 12.5 Å². The molecular formula is C11H14FNO. The van der Waals surface area contributed by atoms with Crippen LogP contribution in [0.25, 0.3) is 0 Å². The van der Waals surface area contributed by atoms with Gasteiger partial charge in [0.15, 0.2) is 0 Å². The quantitative estimate of drug-likeness (QED) is 0.677. The Morgan fingerprint density at radius 2 is 2.21 bits per heavy atom. The molecule has 1 atom stereocenters. The van der Waals surface area contributed by atoms with E-state index in [2.05, 4.69) is 4.90 Å². The second-order valence-electron chi connectivity index (χ2n) is 3.64. The standard InChI is InChI=1S/C11H14FNO/c1-13-6-7-14-11(8-13)9-4-2-3-5-10(9)12/h2-5,11H,6-8H2,1H3. The van der Waals surface area contributed by atoms with Crippen LogP contribution in [0.3, 0.4) is 0 Å². The molecule has 14 heavy (non-hydrogen) atoms. The van der Waals surface area contributed by atoms with Crippen LogP contribution in [0.4, 0.5) is 4.39 Å². The average molecular weight is 195 g/mol. The summed E-state index contributed by atoms with van der Waals surface area (Å²) in [6, 6.07) is 6.81. The van der Waals surface area contributed by atoms with E-state index in [0.717, 1.165) is 13.1 Å². The lowest BCUT2D eigenvalue weighted by Gasteiger charge is -2.30. The summed E-state index contributed by atoms with van der Waals surface area (Å²) in [6.45, 7) is 2.36. The van der Waals surface area contributed by atoms with Gasteiger partial charge < -0.3 is 9.64 Å². The highest BCUT2D eigenvalue weighted by Crippen LogP contribution is 2.23. The lowest BCUT2D eigenvalue weighted by Crippen LogP contribution is -2.35. The number of halogens is 1. The zero-order valence-corrected chi connectivity index (χ0v) is 8.24. The number of likely N-dealkylation sites (N-methyl/N-ethyl adjacent to an activating group) is 1. The van der Waals surface area contributed by atoms with E-state index in [1.54, 1.807) is 12.1 Å². The van der Waals surface area contributed by atoms with Crippen molar-refractivity contribution >= 4 is 0 Å². The highest BCUT2D eigenvalue weighted by molar-refractivity contribution is 5.20. The number of hydrogen-bond donors (Lipinski definition) is 0. The van der Waals surface area contributed by atoms with E-state index in [-0.39, 0.29) is 11.9 Å². The van der Waals surface area contributed by atoms with Crippen molar-refractivity contribution in [3.8, 4) is 0 Å². The number of rotatable bonds is 1. The molecular weight excluding hydrogens is 181 g/mol. The molecule has 0 N–H and O–H groups in total. The summed E-state index contributed by atoms with van der Waals surface area (Å²) < 4.78 is 18.9. The molecule has 0 aliphatic carbocycles. The molecule has 2 nitrogen and oxygen atoms in total. The van der Waals surface area contributed by atoms with E-state index in [1.807, 2.05) is 13.1 Å². The Morgan fingerprint density at radius 3 is 2.93 bits per heavy atom. The van der Waals surface area contributed by atoms with Gasteiger partial charge in [-0.15, -0.1) is 0 Å². The maximum Gasteiger partial charge on any atom is 0.129 e. The van der Waals surface area contributed by atoms with Crippen LogP contribution in [0, 0.1) is 5.82 Å². The summed E-state index contributed by atoms with van der Waals surface area (Å²) in [6.07, 6.45) is -0.116. The van der Waals surface area contributed by atoms with Crippen molar-refractivity contribution in [2.45, 2.75) is 6.10 Å². The van der Waals surface area contributed by atoms with Crippen LogP contribution in [-0.4, -0.2) is 31.6 Å². The van der Waals surface area contributed by atoms with Crippen LogP contribution >= 0.6 is 0 Å². The maximum atomic E-state index is 13.4. The zero-order chi connectivity index (χ0) is 9.97. The molecule has 1 aliphatic rings. The molecule has 0 spiro atoms. The van der Waals surface area contributed by atoms with Gasteiger partial charge in [-0.05, 0) is 13.1 Å². The van der Waals surface area contributed by atoms with Crippen molar-refractivity contribution < 1.29 is 9.13 Å². The van der Waals surface area contributed by atoms with Crippen LogP contribution in [0.15, 0.2) is 24.3 Å². The molecule has 1 aromatic carbocycles. The molecule has 0 bridgehead atoms. The van der Waals surface area contributed by atoms with Crippen LogP contribution in [0.5, 0.6) is 0 Å². The molecule has 0 aromatic heterocycles. The number of hydrogen-bond acceptors (Lipinski definition) is 2. The first-order valence-corrected chi connectivity index (χ1v) is 4.82. The van der Waals surface area contributed by atoms with E-state index in [9.17, 15) is 4.39 Å². The van der Waals surface area contributed by atoms with Crippen LogP contribution in [0.1, 0.15) is 11.7 Å². The molecule has 2 rings (SSSR count). The fourth-order valence-electron chi connectivity index (χ4n) is 1.70. The molecule has 1 unspecified atom stereocenters. The molecule has 1 heterocycles. The van der Waals surface area contributed by atoms with E-state index < -0.39 is 0 Å². The van der Waals surface area contributed by atoms with Crippen molar-refractivity contribution in [2.75, 3.05) is 26.7 Å². The predicted molar refractivity (Wildman–Crippen MR) is 52.6 cm³/mol. The Morgan fingerprint density at radius 1 is 1.43 bits per heavy atom. The van der Waals surface area contributed by atoms with Gasteiger partial charge in [0.2, 0.25) is 0 Å². The van der Waals surface area contributed by atoms with Gasteiger partial charge in [0.1, 0.15) is 5.82 Å². The van der Waals surface area contributed by atoms with Crippen molar-refractivity contribution in [3.63, 3.8) is 0 Å². The fraction of sp³-hybridized carbons (Fsp3) is 0.455. The number of morpholine rings is 1. The van der Waals surface area contributed by atoms with Gasteiger partial charge in [0.05, 0.1) is 12.7 Å². The highest BCUT2D eigenvalue weighted by atomic mass is 19.1. The lowest BCUT2D eigenvalue weighted by molar-refractivity contribution is -0.0225. The first-order chi connectivity index (χ1) is 6.77. The van der Waals surface area contributed by atoms with Gasteiger partial charge >= 0.3 is 0 Å². The van der Waals surface area contributed by atoms with Crippen molar-refractivity contribution in [1.82, 2.24) is 4.90 Å². The Labute approximate surface area is 83.3 Å². The first kappa shape index (κ1) is 9.62. The number of nitrogens with zero attached hydrogens (tertiary/aromatic N) is 1. The van der Waals surface area contributed by atoms with Gasteiger partial charge in [-0.3, -0.25) is 0 Å². The summed E-state index contributed by atoms with van der Waals surface area (Å²) in [4.78, 5) is 2.15. The summed E-state index contributed by atoms with van der Waals surface area (Å²) >= 11 is 0. The molecule has 3 heteroatoms. The minimum absolute atomic E-state index is 0.116. The number of benzene rings is 1. The molecule has 76 valence electrons. The molecule has 0 radical (unpaired) electrons. The average Bonchev–Trinajstić information content (AvgIpc) is 2.18. The SMILES string of the molecule is CN1CCOC(c2ccccc2F)C1. The Kier molecular flexibility index (Phi) is 2.79. The molecule has 1 saturated heterocycles. The zero-order valence-electron chi connectivity index (χ0n) is 8.24. The van der Waals surface area contributed by atoms with Crippen LogP contribution in [-0.2, 0) is 4.74 Å². The van der Waals surface area contributed by atoms with E-state index >= 15 is 0 Å². The van der Waals surface area contributed by atoms with Crippen molar-refractivity contribution in [3.05, 3.63) is 35.6 Å². The molecule has 1 fully saturated rings. The minimum Gasteiger partial charge on any atom is -0.371 e. The third kappa shape index (κ3) is 1.94. The van der Waals surface area contributed by atoms with Crippen molar-refractivity contribution in [2.24, 2.45) is 0 Å². The number of ether oxygens (including phenoxy) is 1. The van der Waals surface area contributed by atoms with E-state index in [1.165, 1.54) is 6.07 Å². The van der Waals surface area contributed by atoms with E-state index in [4.69, 9.17) is 4.74 Å². The summed E-state index contributed by atoms with van der Waals surface area (Å²) in [7, 11) is 2.02. The minimum atomic E-state index is -0.173. The molecule has 1 aromatic rings. The van der Waals surface area contributed by atoms with Gasteiger partial charge in [-0.25, -0.2) is 4.39 Å². The monoisotopic (exact) mass is 195 g/mol. The third-order valence-electron chi connectivity index (χ3n) is 2.52. The molecule has 0 saturated carbocycles. The summed E-state index contributed by atoms with van der Waals surface area (Å²) in [5.41, 5.74) is 0.666. The van der Waals surface area contributed by atoms with E-state index in [0.29, 0.717) is 12.2 Å².